The number of unbranched alkanes of at least 4 members (excludes halogenated alkanes) is 26. The highest BCUT2D eigenvalue weighted by Crippen LogP contribution is 2.38. The number of carbonyl (C=O) groups is 2. The van der Waals surface area contributed by atoms with Gasteiger partial charge in [-0.25, -0.2) is 0 Å². The number of allylic oxidation sites excluding steroid dienone is 11. The summed E-state index contributed by atoms with van der Waals surface area (Å²) in [5.41, 5.74) is 0. The summed E-state index contributed by atoms with van der Waals surface area (Å²) in [6, 6.07) is -0.901. The predicted molar refractivity (Wildman–Crippen MR) is 302 cm³/mol. The van der Waals surface area contributed by atoms with Gasteiger partial charge < -0.3 is 28.5 Å². The lowest BCUT2D eigenvalue weighted by Gasteiger charge is -2.30. The van der Waals surface area contributed by atoms with Crippen LogP contribution in [0.25, 0.3) is 0 Å². The van der Waals surface area contributed by atoms with Crippen LogP contribution in [0.2, 0.25) is 0 Å². The summed E-state index contributed by atoms with van der Waals surface area (Å²) in [6.45, 7) is 6.71. The van der Waals surface area contributed by atoms with Gasteiger partial charge in [0.15, 0.2) is 0 Å². The van der Waals surface area contributed by atoms with Crippen molar-refractivity contribution in [1.29, 1.82) is 0 Å². The molecule has 0 radical (unpaired) electrons. The second-order valence-electron chi connectivity index (χ2n) is 20.8. The fraction of sp³-hybridized carbons (Fsp3) is 0.770. The number of phosphoric acid groups is 1. The van der Waals surface area contributed by atoms with Crippen LogP contribution in [0.15, 0.2) is 72.9 Å². The minimum Gasteiger partial charge on any atom is -0.756 e. The summed E-state index contributed by atoms with van der Waals surface area (Å²) in [5, 5.41) is 3.01. The Kier molecular flexibility index (Phi) is 49.1. The fourth-order valence-electron chi connectivity index (χ4n) is 8.14. The predicted octanol–water partition coefficient (Wildman–Crippen LogP) is 17.0. The molecule has 412 valence electrons. The number of esters is 1. The zero-order chi connectivity index (χ0) is 52.2. The SMILES string of the molecule is CC/C=C\C/C=C\C/C=C\C/C=C\C/C=C\CCCCCC(=O)OC(/C=C/CCCCCCCCCCCCC)C(COP(=O)([O-])OCC[N+](C)(C)C)NC(=O)CCCCCCCCCCCCCCC. The van der Waals surface area contributed by atoms with E-state index in [2.05, 4.69) is 86.8 Å². The number of ether oxygens (including phenoxy) is 1. The van der Waals surface area contributed by atoms with E-state index < -0.39 is 26.6 Å². The van der Waals surface area contributed by atoms with E-state index in [4.69, 9.17) is 13.8 Å². The van der Waals surface area contributed by atoms with Gasteiger partial charge in [0.25, 0.3) is 7.82 Å². The lowest BCUT2D eigenvalue weighted by Crippen LogP contribution is -2.47. The van der Waals surface area contributed by atoms with Crippen molar-refractivity contribution < 1.29 is 37.3 Å². The van der Waals surface area contributed by atoms with Crippen LogP contribution >= 0.6 is 7.82 Å². The Morgan fingerprint density at radius 1 is 0.507 bits per heavy atom. The number of hydrogen-bond donors (Lipinski definition) is 1. The molecule has 0 bridgehead atoms. The van der Waals surface area contributed by atoms with E-state index in [0.717, 1.165) is 89.9 Å². The highest BCUT2D eigenvalue weighted by Gasteiger charge is 2.27. The van der Waals surface area contributed by atoms with Gasteiger partial charge in [0.1, 0.15) is 19.3 Å². The first kappa shape index (κ1) is 68.5. The van der Waals surface area contributed by atoms with Gasteiger partial charge in [-0.15, -0.1) is 0 Å². The fourth-order valence-corrected chi connectivity index (χ4v) is 8.86. The van der Waals surface area contributed by atoms with Gasteiger partial charge in [-0.1, -0.05) is 235 Å². The largest absolute Gasteiger partial charge is 0.756 e. The molecule has 0 rings (SSSR count). The van der Waals surface area contributed by atoms with Gasteiger partial charge in [0.2, 0.25) is 5.91 Å². The first-order valence-electron chi connectivity index (χ1n) is 29.2. The van der Waals surface area contributed by atoms with Crippen LogP contribution in [0.3, 0.4) is 0 Å². The van der Waals surface area contributed by atoms with Crippen molar-refractivity contribution in [2.24, 2.45) is 0 Å². The summed E-state index contributed by atoms with van der Waals surface area (Å²) in [7, 11) is 1.16. The van der Waals surface area contributed by atoms with Crippen LogP contribution in [0.4, 0.5) is 0 Å². The number of nitrogens with zero attached hydrogens (tertiary/aromatic N) is 1. The molecule has 0 aliphatic carbocycles. The van der Waals surface area contributed by atoms with Crippen LogP contribution in [0.1, 0.15) is 252 Å². The standard InChI is InChI=1S/C61H111N2O7P/c1-7-10-13-16-19-22-25-28-29-30-31-32-33-36-39-42-45-48-51-54-61(65)70-59(52-49-46-43-40-37-34-26-23-20-17-14-11-8-2)58(57-69-71(66,67)68-56-55-63(4,5)6)62-60(64)53-50-47-44-41-38-35-27-24-21-18-15-12-9-3/h10,13,19,22,28-29,31-32,36,39,49,52,58-59H,7-9,11-12,14-18,20-21,23-27,30,33-35,37-38,40-48,50-51,53-57H2,1-6H3,(H-,62,64,66,67)/b13-10-,22-19-,29-28-,32-31-,39-36-,52-49+. The van der Waals surface area contributed by atoms with Gasteiger partial charge in [0, 0.05) is 12.8 Å². The summed E-state index contributed by atoms with van der Waals surface area (Å²) in [4.78, 5) is 39.9. The number of likely N-dealkylation sites (N-methyl/N-ethyl adjacent to an activating group) is 1. The lowest BCUT2D eigenvalue weighted by atomic mass is 10.0. The summed E-state index contributed by atoms with van der Waals surface area (Å²) < 4.78 is 30.2. The Bertz CT molecular complexity index is 1450. The normalized spacial score (nSPS) is 14.3. The second-order valence-corrected chi connectivity index (χ2v) is 22.2. The molecule has 0 aliphatic heterocycles. The monoisotopic (exact) mass is 1010 g/mol. The van der Waals surface area contributed by atoms with E-state index in [1.54, 1.807) is 0 Å². The van der Waals surface area contributed by atoms with Crippen LogP contribution in [0.5, 0.6) is 0 Å². The molecule has 0 aromatic rings. The van der Waals surface area contributed by atoms with E-state index in [0.29, 0.717) is 23.9 Å². The molecular formula is C61H111N2O7P. The maximum absolute atomic E-state index is 13.5. The van der Waals surface area contributed by atoms with Crippen LogP contribution in [-0.2, 0) is 27.9 Å². The van der Waals surface area contributed by atoms with Crippen LogP contribution < -0.4 is 10.2 Å². The Morgan fingerprint density at radius 2 is 0.901 bits per heavy atom. The van der Waals surface area contributed by atoms with E-state index in [9.17, 15) is 19.0 Å². The van der Waals surface area contributed by atoms with Gasteiger partial charge in [-0.3, -0.25) is 14.2 Å². The molecule has 3 atom stereocenters. The maximum Gasteiger partial charge on any atom is 0.306 e. The zero-order valence-electron chi connectivity index (χ0n) is 46.9. The number of quaternary nitrogens is 1. The van der Waals surface area contributed by atoms with Crippen molar-refractivity contribution in [3.63, 3.8) is 0 Å². The first-order valence-corrected chi connectivity index (χ1v) is 30.7. The highest BCUT2D eigenvalue weighted by atomic mass is 31.2. The Labute approximate surface area is 438 Å². The molecule has 3 unspecified atom stereocenters. The third-order valence-electron chi connectivity index (χ3n) is 12.7. The molecule has 0 aliphatic rings. The Balaban J connectivity index is 5.40. The van der Waals surface area contributed by atoms with E-state index >= 15 is 0 Å². The van der Waals surface area contributed by atoms with Gasteiger partial charge >= 0.3 is 5.97 Å². The molecule has 0 spiro atoms. The van der Waals surface area contributed by atoms with Crippen LogP contribution in [0, 0.1) is 0 Å². The maximum atomic E-state index is 13.5. The minimum absolute atomic E-state index is 0.0291. The smallest absolute Gasteiger partial charge is 0.306 e. The van der Waals surface area contributed by atoms with Crippen molar-refractivity contribution in [2.45, 2.75) is 264 Å². The molecule has 0 heterocycles. The van der Waals surface area contributed by atoms with Crippen molar-refractivity contribution in [3.8, 4) is 0 Å². The molecule has 0 aromatic carbocycles. The van der Waals surface area contributed by atoms with E-state index in [1.807, 2.05) is 33.3 Å². The summed E-state index contributed by atoms with van der Waals surface area (Å²) in [6.07, 6.45) is 64.3. The third-order valence-corrected chi connectivity index (χ3v) is 13.6. The number of amides is 1. The van der Waals surface area contributed by atoms with Crippen molar-refractivity contribution >= 4 is 19.7 Å². The number of phosphoric ester groups is 1. The third kappa shape index (κ3) is 52.1. The first-order chi connectivity index (χ1) is 34.4. The molecule has 10 heteroatoms. The van der Waals surface area contributed by atoms with Gasteiger partial charge in [0.05, 0.1) is 33.8 Å². The zero-order valence-corrected chi connectivity index (χ0v) is 47.8. The van der Waals surface area contributed by atoms with E-state index in [-0.39, 0.29) is 24.9 Å². The molecule has 0 fully saturated rings. The second kappa shape index (κ2) is 51.0. The van der Waals surface area contributed by atoms with Crippen LogP contribution in [-0.4, -0.2) is 69.4 Å². The van der Waals surface area contributed by atoms with Crippen molar-refractivity contribution in [3.05, 3.63) is 72.9 Å². The average Bonchev–Trinajstić information content (AvgIpc) is 3.33. The topological polar surface area (TPSA) is 114 Å². The Hall–Kier alpha value is -2.55. The molecule has 1 amide bonds. The Morgan fingerprint density at radius 3 is 1.37 bits per heavy atom. The molecule has 0 aromatic heterocycles. The highest BCUT2D eigenvalue weighted by molar-refractivity contribution is 7.45. The summed E-state index contributed by atoms with van der Waals surface area (Å²) >= 11 is 0. The lowest BCUT2D eigenvalue weighted by molar-refractivity contribution is -0.870. The quantitative estimate of drug-likeness (QED) is 0.0212. The number of hydrogen-bond acceptors (Lipinski definition) is 7. The minimum atomic E-state index is -4.70. The molecule has 0 saturated carbocycles. The number of carbonyl (C=O) groups excluding carboxylic acids is 2. The average molecular weight is 1020 g/mol. The summed E-state index contributed by atoms with van der Waals surface area (Å²) in [5.74, 6) is -0.576. The number of nitrogens with one attached hydrogen (secondary N) is 1. The molecule has 0 saturated heterocycles. The number of rotatable bonds is 52. The van der Waals surface area contributed by atoms with Crippen molar-refractivity contribution in [1.82, 2.24) is 5.32 Å². The molecular weight excluding hydrogens is 904 g/mol. The van der Waals surface area contributed by atoms with Gasteiger partial charge in [-0.05, 0) is 76.7 Å². The van der Waals surface area contributed by atoms with Gasteiger partial charge in [-0.2, -0.15) is 0 Å². The van der Waals surface area contributed by atoms with Crippen molar-refractivity contribution in [2.75, 3.05) is 40.9 Å². The molecule has 9 nitrogen and oxygen atoms in total. The molecule has 71 heavy (non-hydrogen) atoms. The van der Waals surface area contributed by atoms with E-state index in [1.165, 1.54) is 122 Å². The molecule has 1 N–H and O–H groups in total.